The quantitative estimate of drug-likeness (QED) is 0.630. The predicted octanol–water partition coefficient (Wildman–Crippen LogP) is 2.87. The molecule has 4 heteroatoms. The van der Waals surface area contributed by atoms with Crippen LogP contribution < -0.4 is 0 Å². The zero-order valence-corrected chi connectivity index (χ0v) is 12.7. The van der Waals surface area contributed by atoms with Gasteiger partial charge in [-0.2, -0.15) is 0 Å². The SMILES string of the molecule is COC(=O)/C=C/C1=CN(Cc2ccccc2)[C@H](C)O[C@H]1C. The summed E-state index contributed by atoms with van der Waals surface area (Å²) in [6.07, 6.45) is 5.16. The van der Waals surface area contributed by atoms with Crippen LogP contribution in [-0.2, 0) is 20.8 Å². The number of carbonyl (C=O) groups excluding carboxylic acids is 1. The first-order valence-electron chi connectivity index (χ1n) is 7.03. The first-order valence-corrected chi connectivity index (χ1v) is 7.03. The summed E-state index contributed by atoms with van der Waals surface area (Å²) < 4.78 is 10.5. The molecule has 0 radical (unpaired) electrons. The van der Waals surface area contributed by atoms with E-state index in [0.717, 1.165) is 12.1 Å². The van der Waals surface area contributed by atoms with E-state index in [1.54, 1.807) is 6.08 Å². The summed E-state index contributed by atoms with van der Waals surface area (Å²) in [5.41, 5.74) is 2.17. The molecule has 0 saturated heterocycles. The van der Waals surface area contributed by atoms with Gasteiger partial charge < -0.3 is 14.4 Å². The fourth-order valence-electron chi connectivity index (χ4n) is 2.23. The maximum atomic E-state index is 11.2. The molecule has 112 valence electrons. The molecular weight excluding hydrogens is 266 g/mol. The van der Waals surface area contributed by atoms with Gasteiger partial charge in [-0.3, -0.25) is 0 Å². The molecule has 0 aliphatic carbocycles. The number of methoxy groups -OCH3 is 1. The topological polar surface area (TPSA) is 38.8 Å². The summed E-state index contributed by atoms with van der Waals surface area (Å²) in [5, 5.41) is 0. The Morgan fingerprint density at radius 1 is 1.33 bits per heavy atom. The first-order chi connectivity index (χ1) is 10.1. The Morgan fingerprint density at radius 2 is 2.05 bits per heavy atom. The van der Waals surface area contributed by atoms with Crippen molar-refractivity contribution in [3.05, 3.63) is 59.8 Å². The Morgan fingerprint density at radius 3 is 2.71 bits per heavy atom. The Balaban J connectivity index is 2.14. The maximum absolute atomic E-state index is 11.2. The summed E-state index contributed by atoms with van der Waals surface area (Å²) in [6.45, 7) is 4.77. The summed E-state index contributed by atoms with van der Waals surface area (Å²) in [6, 6.07) is 10.2. The molecule has 0 unspecified atom stereocenters. The van der Waals surface area contributed by atoms with E-state index < -0.39 is 0 Å². The molecule has 1 aliphatic heterocycles. The van der Waals surface area contributed by atoms with E-state index in [1.165, 1.54) is 18.7 Å². The number of esters is 1. The van der Waals surface area contributed by atoms with Crippen molar-refractivity contribution in [2.45, 2.75) is 32.7 Å². The Hall–Kier alpha value is -2.07. The highest BCUT2D eigenvalue weighted by Crippen LogP contribution is 2.22. The van der Waals surface area contributed by atoms with Crippen LogP contribution in [0.4, 0.5) is 0 Å². The average molecular weight is 287 g/mol. The van der Waals surface area contributed by atoms with Crippen molar-refractivity contribution in [2.75, 3.05) is 7.11 Å². The second kappa shape index (κ2) is 7.09. The van der Waals surface area contributed by atoms with Crippen LogP contribution in [-0.4, -0.2) is 30.3 Å². The fourth-order valence-corrected chi connectivity index (χ4v) is 2.23. The molecule has 0 N–H and O–H groups in total. The molecule has 1 heterocycles. The van der Waals surface area contributed by atoms with Crippen molar-refractivity contribution in [1.29, 1.82) is 0 Å². The van der Waals surface area contributed by atoms with Gasteiger partial charge in [0, 0.05) is 18.8 Å². The number of nitrogens with zero attached hydrogens (tertiary/aromatic N) is 1. The van der Waals surface area contributed by atoms with Crippen molar-refractivity contribution >= 4 is 5.97 Å². The van der Waals surface area contributed by atoms with E-state index in [1.807, 2.05) is 38.2 Å². The molecule has 1 aliphatic rings. The first kappa shape index (κ1) is 15.3. The zero-order valence-electron chi connectivity index (χ0n) is 12.7. The van der Waals surface area contributed by atoms with Gasteiger partial charge in [-0.15, -0.1) is 0 Å². The van der Waals surface area contributed by atoms with Crippen LogP contribution in [0.1, 0.15) is 19.4 Å². The van der Waals surface area contributed by atoms with Gasteiger partial charge in [-0.1, -0.05) is 30.3 Å². The average Bonchev–Trinajstić information content (AvgIpc) is 2.49. The van der Waals surface area contributed by atoms with Crippen molar-refractivity contribution in [2.24, 2.45) is 0 Å². The molecule has 4 nitrogen and oxygen atoms in total. The Bertz CT molecular complexity index is 536. The number of carbonyl (C=O) groups is 1. The molecule has 0 bridgehead atoms. The lowest BCUT2D eigenvalue weighted by atomic mass is 10.1. The maximum Gasteiger partial charge on any atom is 0.330 e. The van der Waals surface area contributed by atoms with Crippen LogP contribution in [0.5, 0.6) is 0 Å². The van der Waals surface area contributed by atoms with E-state index in [0.29, 0.717) is 0 Å². The van der Waals surface area contributed by atoms with Crippen LogP contribution in [0.3, 0.4) is 0 Å². The van der Waals surface area contributed by atoms with Gasteiger partial charge in [-0.25, -0.2) is 4.79 Å². The van der Waals surface area contributed by atoms with Gasteiger partial charge >= 0.3 is 5.97 Å². The van der Waals surface area contributed by atoms with Gasteiger partial charge in [0.1, 0.15) is 6.23 Å². The van der Waals surface area contributed by atoms with E-state index in [2.05, 4.69) is 21.8 Å². The normalized spacial score (nSPS) is 22.2. The van der Waals surface area contributed by atoms with Crippen LogP contribution in [0.25, 0.3) is 0 Å². The lowest BCUT2D eigenvalue weighted by molar-refractivity contribution is -0.134. The van der Waals surface area contributed by atoms with Gasteiger partial charge in [0.15, 0.2) is 0 Å². The minimum absolute atomic E-state index is 0.00418. The summed E-state index contributed by atoms with van der Waals surface area (Å²) in [5.74, 6) is -0.365. The molecule has 0 aromatic heterocycles. The summed E-state index contributed by atoms with van der Waals surface area (Å²) in [7, 11) is 1.37. The van der Waals surface area contributed by atoms with Crippen LogP contribution in [0.2, 0.25) is 0 Å². The van der Waals surface area contributed by atoms with Crippen LogP contribution in [0.15, 0.2) is 54.3 Å². The summed E-state index contributed by atoms with van der Waals surface area (Å²) in [4.78, 5) is 13.3. The number of hydrogen-bond donors (Lipinski definition) is 0. The van der Waals surface area contributed by atoms with Crippen LogP contribution in [0, 0.1) is 0 Å². The number of ether oxygens (including phenoxy) is 2. The largest absolute Gasteiger partial charge is 0.466 e. The minimum atomic E-state index is -0.365. The molecule has 1 aromatic rings. The van der Waals surface area contributed by atoms with Gasteiger partial charge in [-0.05, 0) is 31.1 Å². The second-order valence-electron chi connectivity index (χ2n) is 5.02. The van der Waals surface area contributed by atoms with Crippen LogP contribution >= 0.6 is 0 Å². The van der Waals surface area contributed by atoms with Gasteiger partial charge in [0.25, 0.3) is 0 Å². The van der Waals surface area contributed by atoms with Crippen molar-refractivity contribution < 1.29 is 14.3 Å². The Kier molecular flexibility index (Phi) is 5.17. The lowest BCUT2D eigenvalue weighted by Gasteiger charge is -2.36. The van der Waals surface area contributed by atoms with Gasteiger partial charge in [0.2, 0.25) is 0 Å². The standard InChI is InChI=1S/C17H21NO3/c1-13-16(9-10-17(19)20-3)12-18(14(2)21-13)11-15-7-5-4-6-8-15/h4-10,12-14H,11H2,1-3H3/b10-9+/t13-,14-/m0/s1. The predicted molar refractivity (Wildman–Crippen MR) is 81.2 cm³/mol. The number of rotatable bonds is 4. The highest BCUT2D eigenvalue weighted by molar-refractivity contribution is 5.82. The third-order valence-corrected chi connectivity index (χ3v) is 3.47. The highest BCUT2D eigenvalue weighted by Gasteiger charge is 2.22. The molecule has 0 amide bonds. The molecule has 1 aromatic carbocycles. The van der Waals surface area contributed by atoms with E-state index in [4.69, 9.17) is 4.74 Å². The Labute approximate surface area is 125 Å². The third kappa shape index (κ3) is 4.20. The summed E-state index contributed by atoms with van der Waals surface area (Å²) >= 11 is 0. The van der Waals surface area contributed by atoms with E-state index in [9.17, 15) is 4.79 Å². The second-order valence-corrected chi connectivity index (χ2v) is 5.02. The minimum Gasteiger partial charge on any atom is -0.466 e. The molecule has 0 fully saturated rings. The molecular formula is C17H21NO3. The molecule has 0 saturated carbocycles. The molecule has 2 atom stereocenters. The van der Waals surface area contributed by atoms with E-state index >= 15 is 0 Å². The monoisotopic (exact) mass is 287 g/mol. The molecule has 21 heavy (non-hydrogen) atoms. The van der Waals surface area contributed by atoms with Crippen molar-refractivity contribution in [3.8, 4) is 0 Å². The highest BCUT2D eigenvalue weighted by atomic mass is 16.5. The molecule has 0 spiro atoms. The number of hydrogen-bond acceptors (Lipinski definition) is 4. The van der Waals surface area contributed by atoms with Gasteiger partial charge in [0.05, 0.1) is 13.2 Å². The van der Waals surface area contributed by atoms with Crippen molar-refractivity contribution in [3.63, 3.8) is 0 Å². The lowest BCUT2D eigenvalue weighted by Crippen LogP contribution is -2.38. The van der Waals surface area contributed by atoms with E-state index in [-0.39, 0.29) is 18.3 Å². The third-order valence-electron chi connectivity index (χ3n) is 3.47. The van der Waals surface area contributed by atoms with Crippen molar-refractivity contribution in [1.82, 2.24) is 4.90 Å². The fraction of sp³-hybridized carbons (Fsp3) is 0.353. The zero-order chi connectivity index (χ0) is 15.2. The molecule has 2 rings (SSSR count). The smallest absolute Gasteiger partial charge is 0.330 e. The number of benzene rings is 1.